The zero-order valence-electron chi connectivity index (χ0n) is 14.5. The molecule has 0 saturated heterocycles. The van der Waals surface area contributed by atoms with E-state index in [1.165, 1.54) is 6.07 Å². The van der Waals surface area contributed by atoms with Crippen LogP contribution in [0.15, 0.2) is 29.3 Å². The van der Waals surface area contributed by atoms with Crippen LogP contribution in [0.25, 0.3) is 0 Å². The number of rotatable bonds is 5. The maximum absolute atomic E-state index is 13.7. The number of fused-ring (bicyclic) bond motifs is 1. The van der Waals surface area contributed by atoms with Gasteiger partial charge in [-0.25, -0.2) is 14.1 Å². The van der Waals surface area contributed by atoms with Crippen molar-refractivity contribution in [2.45, 2.75) is 38.6 Å². The Morgan fingerprint density at radius 1 is 1.44 bits per heavy atom. The number of aromatic nitrogens is 3. The summed E-state index contributed by atoms with van der Waals surface area (Å²) in [6.07, 6.45) is 1.78. The second kappa shape index (κ2) is 8.06. The van der Waals surface area contributed by atoms with E-state index >= 15 is 0 Å². The molecule has 0 radical (unpaired) electrons. The van der Waals surface area contributed by atoms with E-state index in [1.807, 2.05) is 10.7 Å². The number of benzene rings is 1. The maximum Gasteiger partial charge on any atom is 0.191 e. The zero-order chi connectivity index (χ0) is 17.6. The quantitative estimate of drug-likeness (QED) is 0.629. The maximum atomic E-state index is 13.7. The second-order valence-corrected chi connectivity index (χ2v) is 5.96. The van der Waals surface area contributed by atoms with Gasteiger partial charge in [0, 0.05) is 38.7 Å². The highest BCUT2D eigenvalue weighted by Gasteiger charge is 2.22. The molecule has 1 aromatic carbocycles. The average Bonchev–Trinajstić information content (AvgIpc) is 3.01. The van der Waals surface area contributed by atoms with Gasteiger partial charge in [-0.2, -0.15) is 5.10 Å². The number of methoxy groups -OCH3 is 1. The molecular formula is C17H23FN6O. The third-order valence-electron chi connectivity index (χ3n) is 4.14. The standard InChI is InChI=1S/C17H23FN6O/c1-19-17(20-9-12-5-3-4-6-14(12)18)21-13-7-8-16-22-15(11-25-2)23-24(16)10-13/h3-6,13H,7-11H2,1-2H3,(H2,19,20,21). The van der Waals surface area contributed by atoms with Gasteiger partial charge in [0.05, 0.1) is 6.54 Å². The van der Waals surface area contributed by atoms with Crippen molar-refractivity contribution in [2.24, 2.45) is 4.99 Å². The lowest BCUT2D eigenvalue weighted by Crippen LogP contribution is -2.46. The molecule has 0 aliphatic carbocycles. The SMILES string of the molecule is CN=C(NCc1ccccc1F)NC1CCc2nc(COC)nn2C1. The molecule has 2 N–H and O–H groups in total. The fourth-order valence-corrected chi connectivity index (χ4v) is 2.88. The van der Waals surface area contributed by atoms with Gasteiger partial charge >= 0.3 is 0 Å². The van der Waals surface area contributed by atoms with Gasteiger partial charge in [-0.05, 0) is 12.5 Å². The lowest BCUT2D eigenvalue weighted by atomic mass is 10.1. The number of ether oxygens (including phenoxy) is 1. The van der Waals surface area contributed by atoms with Crippen LogP contribution in [-0.2, 0) is 30.9 Å². The second-order valence-electron chi connectivity index (χ2n) is 5.96. The summed E-state index contributed by atoms with van der Waals surface area (Å²) in [5, 5.41) is 11.0. The van der Waals surface area contributed by atoms with E-state index < -0.39 is 0 Å². The number of aryl methyl sites for hydroxylation is 1. The molecule has 1 unspecified atom stereocenters. The molecule has 2 heterocycles. The Kier molecular flexibility index (Phi) is 5.60. The van der Waals surface area contributed by atoms with E-state index in [0.29, 0.717) is 37.0 Å². The third kappa shape index (κ3) is 4.33. The van der Waals surface area contributed by atoms with Crippen molar-refractivity contribution < 1.29 is 9.13 Å². The van der Waals surface area contributed by atoms with Crippen LogP contribution in [0, 0.1) is 5.82 Å². The highest BCUT2D eigenvalue weighted by atomic mass is 19.1. The first-order chi connectivity index (χ1) is 12.2. The van der Waals surface area contributed by atoms with Crippen LogP contribution in [0.1, 0.15) is 23.6 Å². The molecule has 7 nitrogen and oxygen atoms in total. The van der Waals surface area contributed by atoms with E-state index in [0.717, 1.165) is 18.7 Å². The van der Waals surface area contributed by atoms with Crippen LogP contribution in [0.3, 0.4) is 0 Å². The summed E-state index contributed by atoms with van der Waals surface area (Å²) in [5.41, 5.74) is 0.608. The molecule has 3 rings (SSSR count). The molecule has 0 fully saturated rings. The first kappa shape index (κ1) is 17.3. The number of nitrogens with one attached hydrogen (secondary N) is 2. The Balaban J connectivity index is 1.56. The molecule has 0 saturated carbocycles. The van der Waals surface area contributed by atoms with E-state index in [4.69, 9.17) is 4.74 Å². The molecule has 1 atom stereocenters. The number of nitrogens with zero attached hydrogens (tertiary/aromatic N) is 4. The lowest BCUT2D eigenvalue weighted by Gasteiger charge is -2.25. The highest BCUT2D eigenvalue weighted by molar-refractivity contribution is 5.79. The Labute approximate surface area is 146 Å². The van der Waals surface area contributed by atoms with Gasteiger partial charge in [0.1, 0.15) is 18.2 Å². The first-order valence-corrected chi connectivity index (χ1v) is 8.31. The van der Waals surface area contributed by atoms with Gasteiger partial charge in [0.15, 0.2) is 11.8 Å². The largest absolute Gasteiger partial charge is 0.377 e. The first-order valence-electron chi connectivity index (χ1n) is 8.31. The molecule has 1 aromatic heterocycles. The number of guanidine groups is 1. The van der Waals surface area contributed by atoms with Crippen molar-refractivity contribution >= 4 is 5.96 Å². The average molecular weight is 346 g/mol. The summed E-state index contributed by atoms with van der Waals surface area (Å²) < 4.78 is 20.7. The Bertz CT molecular complexity index is 744. The van der Waals surface area contributed by atoms with Gasteiger partial charge in [0.2, 0.25) is 0 Å². The van der Waals surface area contributed by atoms with Gasteiger partial charge in [-0.1, -0.05) is 18.2 Å². The minimum Gasteiger partial charge on any atom is -0.377 e. The minimum atomic E-state index is -0.221. The monoisotopic (exact) mass is 346 g/mol. The van der Waals surface area contributed by atoms with Crippen LogP contribution < -0.4 is 10.6 Å². The molecule has 25 heavy (non-hydrogen) atoms. The van der Waals surface area contributed by atoms with Crippen LogP contribution in [-0.4, -0.2) is 40.9 Å². The minimum absolute atomic E-state index is 0.191. The van der Waals surface area contributed by atoms with Crippen LogP contribution in [0.4, 0.5) is 4.39 Å². The molecule has 8 heteroatoms. The zero-order valence-corrected chi connectivity index (χ0v) is 14.5. The number of halogens is 1. The van der Waals surface area contributed by atoms with Crippen molar-refractivity contribution in [3.05, 3.63) is 47.3 Å². The molecule has 0 amide bonds. The van der Waals surface area contributed by atoms with Gasteiger partial charge < -0.3 is 15.4 Å². The molecule has 134 valence electrons. The van der Waals surface area contributed by atoms with Gasteiger partial charge in [-0.3, -0.25) is 4.99 Å². The molecule has 2 aromatic rings. The fraction of sp³-hybridized carbons (Fsp3) is 0.471. The van der Waals surface area contributed by atoms with E-state index in [-0.39, 0.29) is 11.9 Å². The molecular weight excluding hydrogens is 323 g/mol. The molecule has 1 aliphatic rings. The van der Waals surface area contributed by atoms with E-state index in [2.05, 4.69) is 25.7 Å². The lowest BCUT2D eigenvalue weighted by molar-refractivity contribution is 0.177. The van der Waals surface area contributed by atoms with Crippen molar-refractivity contribution in [3.8, 4) is 0 Å². The summed E-state index contributed by atoms with van der Waals surface area (Å²) in [6, 6.07) is 6.91. The Morgan fingerprint density at radius 3 is 3.04 bits per heavy atom. The number of aliphatic imine (C=N–C) groups is 1. The van der Waals surface area contributed by atoms with Crippen molar-refractivity contribution in [1.82, 2.24) is 25.4 Å². The summed E-state index contributed by atoms with van der Waals surface area (Å²) >= 11 is 0. The smallest absolute Gasteiger partial charge is 0.191 e. The van der Waals surface area contributed by atoms with Crippen LogP contribution >= 0.6 is 0 Å². The number of hydrogen-bond acceptors (Lipinski definition) is 4. The van der Waals surface area contributed by atoms with Crippen LogP contribution in [0.2, 0.25) is 0 Å². The summed E-state index contributed by atoms with van der Waals surface area (Å²) in [4.78, 5) is 8.70. The highest BCUT2D eigenvalue weighted by Crippen LogP contribution is 2.13. The normalized spacial score (nSPS) is 17.2. The third-order valence-corrected chi connectivity index (χ3v) is 4.14. The Hall–Kier alpha value is -2.48. The van der Waals surface area contributed by atoms with Gasteiger partial charge in [-0.15, -0.1) is 0 Å². The van der Waals surface area contributed by atoms with Crippen molar-refractivity contribution in [1.29, 1.82) is 0 Å². The van der Waals surface area contributed by atoms with E-state index in [9.17, 15) is 4.39 Å². The van der Waals surface area contributed by atoms with Crippen molar-refractivity contribution in [3.63, 3.8) is 0 Å². The summed E-state index contributed by atoms with van der Waals surface area (Å²) in [7, 11) is 3.34. The fourth-order valence-electron chi connectivity index (χ4n) is 2.88. The van der Waals surface area contributed by atoms with Gasteiger partial charge in [0.25, 0.3) is 0 Å². The Morgan fingerprint density at radius 2 is 2.28 bits per heavy atom. The molecule has 1 aliphatic heterocycles. The predicted molar refractivity (Wildman–Crippen MR) is 92.6 cm³/mol. The van der Waals surface area contributed by atoms with Crippen molar-refractivity contribution in [2.75, 3.05) is 14.2 Å². The number of hydrogen-bond donors (Lipinski definition) is 2. The molecule has 0 bridgehead atoms. The topological polar surface area (TPSA) is 76.4 Å². The van der Waals surface area contributed by atoms with Crippen LogP contribution in [0.5, 0.6) is 0 Å². The predicted octanol–water partition coefficient (Wildman–Crippen LogP) is 1.24. The molecule has 0 spiro atoms. The summed E-state index contributed by atoms with van der Waals surface area (Å²) in [6.45, 7) is 1.52. The summed E-state index contributed by atoms with van der Waals surface area (Å²) in [5.74, 6) is 2.12. The van der Waals surface area contributed by atoms with E-state index in [1.54, 1.807) is 26.3 Å².